The number of aromatic nitrogens is 1. The molecule has 0 saturated carbocycles. The third-order valence-corrected chi connectivity index (χ3v) is 5.29. The van der Waals surface area contributed by atoms with Crippen molar-refractivity contribution in [3.8, 4) is 0 Å². The molecular formula is C15H19N3O4S. The standard InChI is InChI=1S/C15H19N3O4S/c1-15(2)8-14(17-22-15)23(19,20)9-12-11-6-5-10(18(3)4)7-13(11)21-16-12/h5-7H,8-9H2,1-4H3. The van der Waals surface area contributed by atoms with Crippen molar-refractivity contribution in [2.45, 2.75) is 31.6 Å². The van der Waals surface area contributed by atoms with Gasteiger partial charge in [-0.05, 0) is 26.0 Å². The van der Waals surface area contributed by atoms with Crippen LogP contribution in [0.2, 0.25) is 0 Å². The lowest BCUT2D eigenvalue weighted by molar-refractivity contribution is 0.0123. The van der Waals surface area contributed by atoms with E-state index in [4.69, 9.17) is 9.36 Å². The molecule has 2 heterocycles. The maximum Gasteiger partial charge on any atom is 0.200 e. The molecule has 0 unspecified atom stereocenters. The fraction of sp³-hybridized carbons (Fsp3) is 0.467. The van der Waals surface area contributed by atoms with Gasteiger partial charge in [0.1, 0.15) is 17.0 Å². The molecule has 1 aromatic carbocycles. The van der Waals surface area contributed by atoms with Gasteiger partial charge in [0.25, 0.3) is 0 Å². The van der Waals surface area contributed by atoms with E-state index >= 15 is 0 Å². The molecule has 0 N–H and O–H groups in total. The lowest BCUT2D eigenvalue weighted by Crippen LogP contribution is -2.23. The van der Waals surface area contributed by atoms with E-state index in [9.17, 15) is 8.42 Å². The van der Waals surface area contributed by atoms with Gasteiger partial charge in [0.2, 0.25) is 9.84 Å². The predicted octanol–water partition coefficient (Wildman–Crippen LogP) is 2.32. The Hall–Kier alpha value is -2.09. The molecular weight excluding hydrogens is 318 g/mol. The first-order valence-corrected chi connectivity index (χ1v) is 8.87. The third-order valence-electron chi connectivity index (χ3n) is 3.70. The Labute approximate surface area is 134 Å². The highest BCUT2D eigenvalue weighted by Crippen LogP contribution is 2.28. The van der Waals surface area contributed by atoms with Crippen molar-refractivity contribution in [1.29, 1.82) is 0 Å². The summed E-state index contributed by atoms with van der Waals surface area (Å²) in [5.41, 5.74) is 1.32. The molecule has 0 saturated heterocycles. The Morgan fingerprint density at radius 1 is 1.30 bits per heavy atom. The van der Waals surface area contributed by atoms with E-state index in [1.165, 1.54) is 0 Å². The summed E-state index contributed by atoms with van der Waals surface area (Å²) in [5.74, 6) is -0.250. The summed E-state index contributed by atoms with van der Waals surface area (Å²) in [7, 11) is 0.259. The highest BCUT2D eigenvalue weighted by atomic mass is 32.2. The topological polar surface area (TPSA) is 85.0 Å². The second-order valence-corrected chi connectivity index (χ2v) is 8.47. The Morgan fingerprint density at radius 2 is 2.04 bits per heavy atom. The van der Waals surface area contributed by atoms with E-state index < -0.39 is 15.4 Å². The lowest BCUT2D eigenvalue weighted by Gasteiger charge is -2.13. The van der Waals surface area contributed by atoms with Crippen LogP contribution in [0, 0.1) is 0 Å². The van der Waals surface area contributed by atoms with Gasteiger partial charge in [-0.2, -0.15) is 0 Å². The van der Waals surface area contributed by atoms with Crippen LogP contribution in [0.4, 0.5) is 5.69 Å². The molecule has 0 aliphatic carbocycles. The predicted molar refractivity (Wildman–Crippen MR) is 88.2 cm³/mol. The van der Waals surface area contributed by atoms with Crippen LogP contribution in [-0.2, 0) is 20.4 Å². The van der Waals surface area contributed by atoms with Gasteiger partial charge >= 0.3 is 0 Å². The molecule has 0 spiro atoms. The van der Waals surface area contributed by atoms with Crippen molar-refractivity contribution in [2.75, 3.05) is 19.0 Å². The number of sulfone groups is 1. The second-order valence-electron chi connectivity index (χ2n) is 6.48. The summed E-state index contributed by atoms with van der Waals surface area (Å²) in [6, 6.07) is 5.55. The molecule has 124 valence electrons. The van der Waals surface area contributed by atoms with E-state index in [0.29, 0.717) is 16.7 Å². The number of benzene rings is 1. The first-order valence-electron chi connectivity index (χ1n) is 7.21. The van der Waals surface area contributed by atoms with Crippen molar-refractivity contribution in [1.82, 2.24) is 5.16 Å². The zero-order valence-electron chi connectivity index (χ0n) is 13.5. The Morgan fingerprint density at radius 3 is 2.65 bits per heavy atom. The van der Waals surface area contributed by atoms with Crippen LogP contribution in [0.15, 0.2) is 27.9 Å². The Kier molecular flexibility index (Phi) is 3.59. The largest absolute Gasteiger partial charge is 0.389 e. The smallest absolute Gasteiger partial charge is 0.200 e. The molecule has 0 fully saturated rings. The van der Waals surface area contributed by atoms with Crippen LogP contribution in [0.25, 0.3) is 11.0 Å². The van der Waals surface area contributed by atoms with Crippen LogP contribution in [0.1, 0.15) is 26.0 Å². The molecule has 1 aliphatic heterocycles. The third kappa shape index (κ3) is 3.03. The summed E-state index contributed by atoms with van der Waals surface area (Å²) >= 11 is 0. The number of nitrogens with zero attached hydrogens (tertiary/aromatic N) is 3. The maximum atomic E-state index is 12.5. The van der Waals surface area contributed by atoms with Crippen LogP contribution < -0.4 is 4.90 Å². The van der Waals surface area contributed by atoms with E-state index in [1.54, 1.807) is 13.8 Å². The number of anilines is 1. The summed E-state index contributed by atoms with van der Waals surface area (Å²) in [6.07, 6.45) is 0.260. The van der Waals surface area contributed by atoms with Gasteiger partial charge < -0.3 is 14.3 Å². The minimum Gasteiger partial charge on any atom is -0.389 e. The number of hydrogen-bond acceptors (Lipinski definition) is 7. The van der Waals surface area contributed by atoms with Crippen LogP contribution in [-0.4, -0.2) is 38.3 Å². The quantitative estimate of drug-likeness (QED) is 0.854. The minimum absolute atomic E-state index is 0.0589. The minimum atomic E-state index is -3.58. The van der Waals surface area contributed by atoms with E-state index in [1.807, 2.05) is 37.2 Å². The van der Waals surface area contributed by atoms with Gasteiger partial charge in [-0.25, -0.2) is 8.42 Å². The fourth-order valence-electron chi connectivity index (χ4n) is 2.39. The van der Waals surface area contributed by atoms with Gasteiger partial charge in [-0.3, -0.25) is 0 Å². The zero-order valence-corrected chi connectivity index (χ0v) is 14.3. The average Bonchev–Trinajstić information content (AvgIpc) is 3.02. The average molecular weight is 337 g/mol. The van der Waals surface area contributed by atoms with E-state index in [2.05, 4.69) is 10.3 Å². The molecule has 1 aromatic heterocycles. The van der Waals surface area contributed by atoms with Gasteiger partial charge in [-0.1, -0.05) is 10.3 Å². The van der Waals surface area contributed by atoms with Crippen LogP contribution in [0.3, 0.4) is 0 Å². The molecule has 0 radical (unpaired) electrons. The lowest BCUT2D eigenvalue weighted by atomic mass is 10.1. The van der Waals surface area contributed by atoms with Crippen molar-refractivity contribution in [2.24, 2.45) is 5.16 Å². The van der Waals surface area contributed by atoms with Gasteiger partial charge in [0.05, 0.1) is 0 Å². The second kappa shape index (κ2) is 5.23. The first-order chi connectivity index (χ1) is 10.7. The van der Waals surface area contributed by atoms with E-state index in [-0.39, 0.29) is 17.2 Å². The molecule has 7 nitrogen and oxygen atoms in total. The normalized spacial score (nSPS) is 17.1. The molecule has 1 aliphatic rings. The van der Waals surface area contributed by atoms with Crippen LogP contribution >= 0.6 is 0 Å². The van der Waals surface area contributed by atoms with Crippen molar-refractivity contribution in [3.05, 3.63) is 23.9 Å². The highest BCUT2D eigenvalue weighted by Gasteiger charge is 2.36. The first kappa shape index (κ1) is 15.8. The Bertz CT molecular complexity index is 881. The van der Waals surface area contributed by atoms with Gasteiger partial charge in [0.15, 0.2) is 10.6 Å². The summed E-state index contributed by atoms with van der Waals surface area (Å²) < 4.78 is 30.3. The summed E-state index contributed by atoms with van der Waals surface area (Å²) in [6.45, 7) is 3.60. The number of hydrogen-bond donors (Lipinski definition) is 0. The number of fused-ring (bicyclic) bond motifs is 1. The van der Waals surface area contributed by atoms with Crippen molar-refractivity contribution >= 4 is 31.5 Å². The summed E-state index contributed by atoms with van der Waals surface area (Å²) in [4.78, 5) is 7.08. The molecule has 0 amide bonds. The molecule has 0 atom stereocenters. The maximum absolute atomic E-state index is 12.5. The molecule has 2 aromatic rings. The summed E-state index contributed by atoms with van der Waals surface area (Å²) in [5, 5.41) is 8.39. The SMILES string of the molecule is CN(C)c1ccc2c(CS(=O)(=O)C3=NOC(C)(C)C3)noc2c1. The van der Waals surface area contributed by atoms with E-state index in [0.717, 1.165) is 5.69 Å². The number of rotatable bonds is 3. The zero-order chi connectivity index (χ0) is 16.8. The van der Waals surface area contributed by atoms with Crippen LogP contribution in [0.5, 0.6) is 0 Å². The fourth-order valence-corrected chi connectivity index (χ4v) is 3.85. The molecule has 3 rings (SSSR count). The highest BCUT2D eigenvalue weighted by molar-refractivity contribution is 8.05. The van der Waals surface area contributed by atoms with Gasteiger partial charge in [0, 0.05) is 37.7 Å². The monoisotopic (exact) mass is 337 g/mol. The van der Waals surface area contributed by atoms with Gasteiger partial charge in [-0.15, -0.1) is 0 Å². The van der Waals surface area contributed by atoms with Crippen molar-refractivity contribution in [3.63, 3.8) is 0 Å². The van der Waals surface area contributed by atoms with Crippen molar-refractivity contribution < 1.29 is 17.8 Å². The molecule has 0 bridgehead atoms. The molecule has 23 heavy (non-hydrogen) atoms. The number of oxime groups is 1. The molecule has 8 heteroatoms. The Balaban J connectivity index is 1.90.